The van der Waals surface area contributed by atoms with Gasteiger partial charge in [-0.3, -0.25) is 0 Å². The number of aliphatic hydroxyl groups excluding tert-OH is 2. The van der Waals surface area contributed by atoms with Gasteiger partial charge in [-0.25, -0.2) is 0 Å². The summed E-state index contributed by atoms with van der Waals surface area (Å²) in [6.45, 7) is -1.28. The van der Waals surface area contributed by atoms with Crippen LogP contribution in [-0.4, -0.2) is 29.1 Å². The minimum Gasteiger partial charge on any atom is -0.489 e. The maximum Gasteiger partial charge on any atom is 0.417 e. The molecule has 0 fully saturated rings. The molecule has 0 aliphatic rings. The molecule has 1 aromatic rings. The zero-order chi connectivity index (χ0) is 13.1. The molecule has 0 radical (unpaired) electrons. The van der Waals surface area contributed by atoms with Gasteiger partial charge >= 0.3 is 6.18 Å². The molecule has 0 heterocycles. The van der Waals surface area contributed by atoms with Crippen molar-refractivity contribution in [3.8, 4) is 5.75 Å². The Morgan fingerprint density at radius 1 is 1.35 bits per heavy atom. The van der Waals surface area contributed by atoms with Crippen molar-refractivity contribution in [2.45, 2.75) is 18.9 Å². The monoisotopic (exact) mass is 314 g/mol. The first kappa shape index (κ1) is 14.3. The first-order valence-corrected chi connectivity index (χ1v) is 5.41. The molecule has 0 aromatic heterocycles. The van der Waals surface area contributed by atoms with E-state index in [9.17, 15) is 13.2 Å². The highest BCUT2D eigenvalue weighted by Crippen LogP contribution is 2.30. The lowest BCUT2D eigenvalue weighted by molar-refractivity contribution is -0.210. The van der Waals surface area contributed by atoms with Gasteiger partial charge in [0.05, 0.1) is 11.1 Å². The maximum atomic E-state index is 12.0. The molecule has 0 saturated heterocycles. The normalized spacial score (nSPS) is 13.5. The minimum atomic E-state index is -4.72. The Hall–Kier alpha value is -0.790. The maximum absolute atomic E-state index is 12.0. The van der Waals surface area contributed by atoms with E-state index in [1.165, 1.54) is 6.07 Å². The minimum absolute atomic E-state index is 0.0956. The van der Waals surface area contributed by atoms with E-state index in [1.54, 1.807) is 12.1 Å². The van der Waals surface area contributed by atoms with Crippen LogP contribution in [0.25, 0.3) is 0 Å². The number of alkyl halides is 3. The van der Waals surface area contributed by atoms with Crippen molar-refractivity contribution in [3.63, 3.8) is 0 Å². The third-order valence-corrected chi connectivity index (χ3v) is 2.61. The fourth-order valence-corrected chi connectivity index (χ4v) is 1.62. The number of hydrogen-bond donors (Lipinski definition) is 2. The number of benzene rings is 1. The molecule has 0 bridgehead atoms. The van der Waals surface area contributed by atoms with Crippen LogP contribution in [0.3, 0.4) is 0 Å². The Balaban J connectivity index is 2.76. The number of aliphatic hydroxyl groups is 2. The molecule has 0 aliphatic heterocycles. The predicted molar refractivity (Wildman–Crippen MR) is 57.6 cm³/mol. The van der Waals surface area contributed by atoms with E-state index in [4.69, 9.17) is 14.9 Å². The molecule has 96 valence electrons. The molecule has 0 saturated carbocycles. The van der Waals surface area contributed by atoms with Gasteiger partial charge in [0.2, 0.25) is 0 Å². The lowest BCUT2D eigenvalue weighted by atomic mass is 10.2. The van der Waals surface area contributed by atoms with Crippen LogP contribution in [0.5, 0.6) is 5.75 Å². The highest BCUT2D eigenvalue weighted by molar-refractivity contribution is 9.10. The Kier molecular flexibility index (Phi) is 4.79. The molecule has 3 nitrogen and oxygen atoms in total. The van der Waals surface area contributed by atoms with Crippen LogP contribution < -0.4 is 4.74 Å². The second kappa shape index (κ2) is 5.70. The first-order chi connectivity index (χ1) is 7.86. The summed E-state index contributed by atoms with van der Waals surface area (Å²) in [5, 5.41) is 17.8. The third-order valence-electron chi connectivity index (χ3n) is 1.98. The van der Waals surface area contributed by atoms with Crippen molar-refractivity contribution < 1.29 is 28.1 Å². The summed E-state index contributed by atoms with van der Waals surface area (Å²) in [7, 11) is 0. The molecular formula is C10H10BrF3O3. The number of halogens is 4. The van der Waals surface area contributed by atoms with Gasteiger partial charge in [-0.15, -0.1) is 0 Å². The summed E-state index contributed by atoms with van der Waals surface area (Å²) in [4.78, 5) is 0. The molecular weight excluding hydrogens is 305 g/mol. The molecule has 2 N–H and O–H groups in total. The van der Waals surface area contributed by atoms with Gasteiger partial charge in [-0.2, -0.15) is 13.2 Å². The van der Waals surface area contributed by atoms with Gasteiger partial charge in [0.1, 0.15) is 12.4 Å². The van der Waals surface area contributed by atoms with Crippen LogP contribution in [0.15, 0.2) is 22.7 Å². The Morgan fingerprint density at radius 2 is 2.00 bits per heavy atom. The average molecular weight is 315 g/mol. The van der Waals surface area contributed by atoms with Crippen molar-refractivity contribution in [1.82, 2.24) is 0 Å². The van der Waals surface area contributed by atoms with E-state index < -0.39 is 18.9 Å². The Morgan fingerprint density at radius 3 is 2.53 bits per heavy atom. The van der Waals surface area contributed by atoms with Crippen LogP contribution >= 0.6 is 15.9 Å². The summed E-state index contributed by atoms with van der Waals surface area (Å²) < 4.78 is 41.4. The number of hydrogen-bond acceptors (Lipinski definition) is 3. The van der Waals surface area contributed by atoms with Crippen molar-refractivity contribution in [2.75, 3.05) is 6.61 Å². The van der Waals surface area contributed by atoms with Gasteiger partial charge in [0.25, 0.3) is 0 Å². The number of rotatable bonds is 4. The van der Waals surface area contributed by atoms with Crippen molar-refractivity contribution >= 4 is 15.9 Å². The van der Waals surface area contributed by atoms with Crippen LogP contribution in [0.2, 0.25) is 0 Å². The molecule has 1 aromatic carbocycles. The number of para-hydroxylation sites is 1. The zero-order valence-corrected chi connectivity index (χ0v) is 10.1. The summed E-state index contributed by atoms with van der Waals surface area (Å²) in [6, 6.07) is 4.69. The van der Waals surface area contributed by atoms with Gasteiger partial charge in [-0.1, -0.05) is 12.1 Å². The molecule has 0 amide bonds. The summed E-state index contributed by atoms with van der Waals surface area (Å²) in [5.41, 5.74) is 0.341. The Labute approximate surface area is 104 Å². The molecule has 1 unspecified atom stereocenters. The summed E-state index contributed by atoms with van der Waals surface area (Å²) in [6.07, 6.45) is -7.28. The lowest BCUT2D eigenvalue weighted by Crippen LogP contribution is -2.34. The summed E-state index contributed by atoms with van der Waals surface area (Å²) in [5.74, 6) is 0.0956. The van der Waals surface area contributed by atoms with Crippen LogP contribution in [0.4, 0.5) is 13.2 Å². The van der Waals surface area contributed by atoms with E-state index in [1.807, 2.05) is 0 Å². The van der Waals surface area contributed by atoms with Crippen molar-refractivity contribution in [3.05, 3.63) is 28.2 Å². The van der Waals surface area contributed by atoms with Crippen LogP contribution in [0, 0.1) is 0 Å². The van der Waals surface area contributed by atoms with Crippen LogP contribution in [0.1, 0.15) is 5.56 Å². The van der Waals surface area contributed by atoms with Gasteiger partial charge < -0.3 is 14.9 Å². The second-order valence-corrected chi connectivity index (χ2v) is 4.11. The smallest absolute Gasteiger partial charge is 0.417 e. The quantitative estimate of drug-likeness (QED) is 0.896. The van der Waals surface area contributed by atoms with Crippen molar-refractivity contribution in [1.29, 1.82) is 0 Å². The highest BCUT2D eigenvalue weighted by atomic mass is 79.9. The fraction of sp³-hybridized carbons (Fsp3) is 0.400. The second-order valence-electron chi connectivity index (χ2n) is 3.25. The van der Waals surface area contributed by atoms with Gasteiger partial charge in [0.15, 0.2) is 6.10 Å². The molecule has 0 aliphatic carbocycles. The molecule has 0 spiro atoms. The third kappa shape index (κ3) is 3.86. The first-order valence-electron chi connectivity index (χ1n) is 4.62. The molecule has 17 heavy (non-hydrogen) atoms. The van der Waals surface area contributed by atoms with Gasteiger partial charge in [-0.05, 0) is 22.0 Å². The average Bonchev–Trinajstić information content (AvgIpc) is 2.25. The zero-order valence-electron chi connectivity index (χ0n) is 8.54. The molecule has 1 rings (SSSR count). The van der Waals surface area contributed by atoms with Crippen LogP contribution in [-0.2, 0) is 6.61 Å². The number of ether oxygens (including phenoxy) is 1. The van der Waals surface area contributed by atoms with E-state index >= 15 is 0 Å². The summed E-state index contributed by atoms with van der Waals surface area (Å²) >= 11 is 3.09. The molecule has 1 atom stereocenters. The Bertz CT molecular complexity index is 382. The molecule has 7 heteroatoms. The standard InChI is InChI=1S/C10H10BrF3O3/c11-7-3-1-2-6(4-15)9(7)17-5-8(16)10(12,13)14/h1-3,8,15-16H,4-5H2. The van der Waals surface area contributed by atoms with E-state index in [0.29, 0.717) is 10.0 Å². The van der Waals surface area contributed by atoms with E-state index in [2.05, 4.69) is 15.9 Å². The topological polar surface area (TPSA) is 49.7 Å². The fourth-order valence-electron chi connectivity index (χ4n) is 1.10. The van der Waals surface area contributed by atoms with Gasteiger partial charge in [0, 0.05) is 5.56 Å². The predicted octanol–water partition coefficient (Wildman–Crippen LogP) is 2.24. The van der Waals surface area contributed by atoms with E-state index in [0.717, 1.165) is 0 Å². The highest BCUT2D eigenvalue weighted by Gasteiger charge is 2.38. The lowest BCUT2D eigenvalue weighted by Gasteiger charge is -2.17. The van der Waals surface area contributed by atoms with E-state index in [-0.39, 0.29) is 12.4 Å². The van der Waals surface area contributed by atoms with Crippen molar-refractivity contribution in [2.24, 2.45) is 0 Å². The largest absolute Gasteiger partial charge is 0.489 e. The SMILES string of the molecule is OCc1cccc(Br)c1OCC(O)C(F)(F)F.